The molecule has 0 aliphatic rings. The van der Waals surface area contributed by atoms with E-state index in [1.165, 1.54) is 0 Å². The van der Waals surface area contributed by atoms with Crippen molar-refractivity contribution in [3.05, 3.63) is 30.4 Å². The van der Waals surface area contributed by atoms with Crippen molar-refractivity contribution in [2.75, 3.05) is 12.0 Å². The molecule has 0 aromatic carbocycles. The van der Waals surface area contributed by atoms with E-state index in [2.05, 4.69) is 15.1 Å². The molecule has 19 heavy (non-hydrogen) atoms. The number of nitrogens with zero attached hydrogens (tertiary/aromatic N) is 3. The van der Waals surface area contributed by atoms with E-state index in [1.807, 2.05) is 0 Å². The molecule has 7 nitrogen and oxygen atoms in total. The quantitative estimate of drug-likeness (QED) is 0.852. The lowest BCUT2D eigenvalue weighted by Gasteiger charge is -2.04. The Morgan fingerprint density at radius 2 is 2.05 bits per heavy atom. The zero-order chi connectivity index (χ0) is 13.9. The molecule has 2 aromatic heterocycles. The summed E-state index contributed by atoms with van der Waals surface area (Å²) in [6, 6.07) is 2.91. The van der Waals surface area contributed by atoms with Gasteiger partial charge in [0.2, 0.25) is 11.7 Å². The fourth-order valence-corrected chi connectivity index (χ4v) is 2.15. The van der Waals surface area contributed by atoms with Crippen molar-refractivity contribution >= 4 is 9.84 Å². The van der Waals surface area contributed by atoms with Crippen LogP contribution < -0.4 is 5.73 Å². The third-order valence-corrected chi connectivity index (χ3v) is 3.47. The van der Waals surface area contributed by atoms with Crippen LogP contribution >= 0.6 is 0 Å². The number of sulfone groups is 1. The van der Waals surface area contributed by atoms with Crippen LogP contribution in [0.15, 0.2) is 29.0 Å². The fraction of sp³-hybridized carbons (Fsp3) is 0.364. The molecule has 0 saturated carbocycles. The molecule has 102 valence electrons. The lowest BCUT2D eigenvalue weighted by Crippen LogP contribution is -2.16. The Bertz CT molecular complexity index is 639. The van der Waals surface area contributed by atoms with Gasteiger partial charge in [-0.05, 0) is 18.6 Å². The number of nitrogens with two attached hydrogens (primary N) is 1. The van der Waals surface area contributed by atoms with Gasteiger partial charge in [-0.25, -0.2) is 8.42 Å². The van der Waals surface area contributed by atoms with Gasteiger partial charge in [0.05, 0.1) is 11.8 Å². The first-order valence-corrected chi connectivity index (χ1v) is 7.69. The Balaban J connectivity index is 2.09. The molecule has 2 N–H and O–H groups in total. The van der Waals surface area contributed by atoms with Gasteiger partial charge < -0.3 is 10.3 Å². The van der Waals surface area contributed by atoms with Gasteiger partial charge in [0.25, 0.3) is 0 Å². The second kappa shape index (κ2) is 5.45. The van der Waals surface area contributed by atoms with Gasteiger partial charge in [-0.3, -0.25) is 4.98 Å². The van der Waals surface area contributed by atoms with Crippen LogP contribution in [0, 0.1) is 0 Å². The molecule has 0 amide bonds. The van der Waals surface area contributed by atoms with Crippen LogP contribution in [0.4, 0.5) is 0 Å². The molecule has 8 heteroatoms. The van der Waals surface area contributed by atoms with Gasteiger partial charge in [-0.15, -0.1) is 0 Å². The van der Waals surface area contributed by atoms with Crippen molar-refractivity contribution in [3.63, 3.8) is 0 Å². The highest BCUT2D eigenvalue weighted by molar-refractivity contribution is 7.90. The first kappa shape index (κ1) is 13.6. The van der Waals surface area contributed by atoms with Crippen molar-refractivity contribution < 1.29 is 12.9 Å². The maximum Gasteiger partial charge on any atom is 0.243 e. The monoisotopic (exact) mass is 282 g/mol. The summed E-state index contributed by atoms with van der Waals surface area (Å²) in [5.74, 6) is 0.629. The normalized spacial score (nSPS) is 13.4. The molecule has 0 radical (unpaired) electrons. The summed E-state index contributed by atoms with van der Waals surface area (Å²) in [6.07, 6.45) is 4.65. The third kappa shape index (κ3) is 3.83. The maximum absolute atomic E-state index is 11.1. The molecular formula is C11H14N4O3S. The topological polar surface area (TPSA) is 112 Å². The van der Waals surface area contributed by atoms with Gasteiger partial charge in [0, 0.05) is 24.2 Å². The van der Waals surface area contributed by atoms with Crippen LogP contribution in [-0.4, -0.2) is 35.6 Å². The van der Waals surface area contributed by atoms with E-state index in [9.17, 15) is 8.42 Å². The van der Waals surface area contributed by atoms with E-state index in [-0.39, 0.29) is 18.1 Å². The van der Waals surface area contributed by atoms with E-state index in [4.69, 9.17) is 10.3 Å². The molecular weight excluding hydrogens is 268 g/mol. The Morgan fingerprint density at radius 1 is 1.37 bits per heavy atom. The van der Waals surface area contributed by atoms with E-state index in [0.717, 1.165) is 11.8 Å². The van der Waals surface area contributed by atoms with Gasteiger partial charge in [-0.2, -0.15) is 4.98 Å². The maximum atomic E-state index is 11.1. The Hall–Kier alpha value is -1.80. The molecule has 1 atom stereocenters. The summed E-state index contributed by atoms with van der Waals surface area (Å²) in [4.78, 5) is 8.05. The highest BCUT2D eigenvalue weighted by atomic mass is 32.2. The summed E-state index contributed by atoms with van der Waals surface area (Å²) in [6.45, 7) is 0. The van der Waals surface area contributed by atoms with Crippen LogP contribution in [0.3, 0.4) is 0 Å². The van der Waals surface area contributed by atoms with Crippen molar-refractivity contribution in [2.24, 2.45) is 5.73 Å². The summed E-state index contributed by atoms with van der Waals surface area (Å²) < 4.78 is 27.2. The number of aromatic nitrogens is 3. The Kier molecular flexibility index (Phi) is 3.91. The SMILES string of the molecule is CS(=O)(=O)CCC(N)c1nc(-c2ccncc2)no1. The molecule has 2 rings (SSSR count). The predicted octanol–water partition coefficient (Wildman–Crippen LogP) is 0.566. The molecule has 2 aromatic rings. The van der Waals surface area contributed by atoms with Crippen molar-refractivity contribution in [1.29, 1.82) is 0 Å². The van der Waals surface area contributed by atoms with Gasteiger partial charge >= 0.3 is 0 Å². The molecule has 0 saturated heterocycles. The lowest BCUT2D eigenvalue weighted by atomic mass is 10.2. The van der Waals surface area contributed by atoms with Crippen LogP contribution in [0.2, 0.25) is 0 Å². The van der Waals surface area contributed by atoms with Gasteiger partial charge in [0.15, 0.2) is 0 Å². The molecule has 0 aliphatic heterocycles. The molecule has 0 fully saturated rings. The second-order valence-electron chi connectivity index (χ2n) is 4.22. The van der Waals surface area contributed by atoms with Crippen LogP contribution in [0.5, 0.6) is 0 Å². The van der Waals surface area contributed by atoms with E-state index >= 15 is 0 Å². The highest BCUT2D eigenvalue weighted by Crippen LogP contribution is 2.18. The number of pyridine rings is 1. The largest absolute Gasteiger partial charge is 0.337 e. The first-order chi connectivity index (χ1) is 8.96. The summed E-state index contributed by atoms with van der Waals surface area (Å²) in [5.41, 5.74) is 6.58. The van der Waals surface area contributed by atoms with Crippen LogP contribution in [-0.2, 0) is 9.84 Å². The minimum atomic E-state index is -3.05. The van der Waals surface area contributed by atoms with E-state index in [0.29, 0.717) is 5.82 Å². The molecule has 0 bridgehead atoms. The third-order valence-electron chi connectivity index (χ3n) is 2.50. The van der Waals surface area contributed by atoms with Crippen molar-refractivity contribution in [2.45, 2.75) is 12.5 Å². The number of rotatable bonds is 5. The smallest absolute Gasteiger partial charge is 0.243 e. The average Bonchev–Trinajstić information content (AvgIpc) is 2.86. The van der Waals surface area contributed by atoms with E-state index < -0.39 is 15.9 Å². The number of hydrogen-bond donors (Lipinski definition) is 1. The summed E-state index contributed by atoms with van der Waals surface area (Å²) in [7, 11) is -3.05. The number of hydrogen-bond acceptors (Lipinski definition) is 7. The zero-order valence-corrected chi connectivity index (χ0v) is 11.2. The highest BCUT2D eigenvalue weighted by Gasteiger charge is 2.17. The van der Waals surface area contributed by atoms with Gasteiger partial charge in [0.1, 0.15) is 9.84 Å². The first-order valence-electron chi connectivity index (χ1n) is 5.63. The molecule has 2 heterocycles. The Labute approximate surface area is 110 Å². The van der Waals surface area contributed by atoms with Crippen LogP contribution in [0.1, 0.15) is 18.4 Å². The summed E-state index contributed by atoms with van der Waals surface area (Å²) in [5, 5.41) is 3.81. The lowest BCUT2D eigenvalue weighted by molar-refractivity contribution is 0.352. The van der Waals surface area contributed by atoms with Crippen LogP contribution in [0.25, 0.3) is 11.4 Å². The minimum Gasteiger partial charge on any atom is -0.337 e. The predicted molar refractivity (Wildman–Crippen MR) is 68.8 cm³/mol. The fourth-order valence-electron chi connectivity index (χ4n) is 1.47. The summed E-state index contributed by atoms with van der Waals surface area (Å²) >= 11 is 0. The molecule has 0 aliphatic carbocycles. The average molecular weight is 282 g/mol. The Morgan fingerprint density at radius 3 is 2.68 bits per heavy atom. The van der Waals surface area contributed by atoms with Crippen molar-refractivity contribution in [3.8, 4) is 11.4 Å². The zero-order valence-electron chi connectivity index (χ0n) is 10.4. The second-order valence-corrected chi connectivity index (χ2v) is 6.48. The standard InChI is InChI=1S/C11H14N4O3S/c1-19(16,17)7-4-9(12)11-14-10(15-18-11)8-2-5-13-6-3-8/h2-3,5-6,9H,4,7,12H2,1H3. The minimum absolute atomic E-state index is 0.0128. The van der Waals surface area contributed by atoms with Crippen molar-refractivity contribution in [1.82, 2.24) is 15.1 Å². The van der Waals surface area contributed by atoms with Gasteiger partial charge in [-0.1, -0.05) is 5.16 Å². The molecule has 0 spiro atoms. The van der Waals surface area contributed by atoms with E-state index in [1.54, 1.807) is 24.5 Å². The molecule has 1 unspecified atom stereocenters.